The van der Waals surface area contributed by atoms with Crippen LogP contribution >= 0.6 is 21.6 Å². The lowest BCUT2D eigenvalue weighted by atomic mass is 9.65. The van der Waals surface area contributed by atoms with Crippen molar-refractivity contribution in [3.63, 3.8) is 0 Å². The van der Waals surface area contributed by atoms with Crippen LogP contribution in [0, 0.1) is 23.7 Å². The molecule has 0 unspecified atom stereocenters. The number of nitrogens with zero attached hydrogens (tertiary/aromatic N) is 1. The Hall–Kier alpha value is -5.74. The third kappa shape index (κ3) is 8.25. The number of aromatic nitrogens is 1. The van der Waals surface area contributed by atoms with Crippen molar-refractivity contribution in [1.82, 2.24) is 10.3 Å². The molecule has 12 rings (SSSR count). The molecule has 5 heterocycles. The van der Waals surface area contributed by atoms with E-state index in [0.29, 0.717) is 47.3 Å². The van der Waals surface area contributed by atoms with E-state index < -0.39 is 12.0 Å². The highest BCUT2D eigenvalue weighted by Crippen LogP contribution is 2.63. The van der Waals surface area contributed by atoms with Crippen molar-refractivity contribution in [2.75, 3.05) is 25.2 Å². The maximum Gasteiger partial charge on any atom is 0.302 e. The van der Waals surface area contributed by atoms with Crippen LogP contribution in [0.4, 0.5) is 5.82 Å². The fourth-order valence-corrected chi connectivity index (χ4v) is 16.4. The second-order valence-corrected chi connectivity index (χ2v) is 23.4. The van der Waals surface area contributed by atoms with Gasteiger partial charge < -0.3 is 40.2 Å². The average molecular weight is 974 g/mol. The molecule has 9 atom stereocenters. The van der Waals surface area contributed by atoms with Gasteiger partial charge in [0, 0.05) is 64.4 Å². The Bertz CT molecular complexity index is 2990. The largest absolute Gasteiger partial charge is 0.508 e. The summed E-state index contributed by atoms with van der Waals surface area (Å²) < 4.78 is 27.1. The number of nitrogens with one attached hydrogen (secondary N) is 1. The molecule has 12 heteroatoms. The van der Waals surface area contributed by atoms with Crippen LogP contribution in [0.1, 0.15) is 114 Å². The number of rotatable bonds is 5. The maximum absolute atomic E-state index is 12.8. The molecule has 6 bridgehead atoms. The van der Waals surface area contributed by atoms with Crippen molar-refractivity contribution in [3.8, 4) is 51.7 Å². The number of benzene rings is 4. The van der Waals surface area contributed by atoms with Gasteiger partial charge in [-0.1, -0.05) is 94.6 Å². The van der Waals surface area contributed by atoms with Gasteiger partial charge in [0.2, 0.25) is 0 Å². The number of hydrogen-bond donors (Lipinski definition) is 4. The Morgan fingerprint density at radius 2 is 1.89 bits per heavy atom. The first-order chi connectivity index (χ1) is 34.1. The predicted octanol–water partition coefficient (Wildman–Crippen LogP) is 10.6. The van der Waals surface area contributed by atoms with E-state index in [9.17, 15) is 15.0 Å². The number of methoxy groups -OCH3 is 1. The molecule has 1 spiro atoms. The number of phenolic OH excluding ortho intramolecular Hbond substituents is 2. The first kappa shape index (κ1) is 45.4. The fourth-order valence-electron chi connectivity index (χ4n) is 13.2. The van der Waals surface area contributed by atoms with E-state index in [-0.39, 0.29) is 53.3 Å². The number of ether oxygens (including phenoxy) is 4. The standard InChI is InChI=1S/C58H59N3O7S2/c1-32(62)66-30-44-41-15-16-42-51-38(25-40(63)27-48(51)65-2)29-58-21-20-34(28-58)22-36-14-19-50(59)61-45(36)13-7-11-37-26-47(64)54-43(52(37)55(44)68-56(41)53(42)58)17-18-46-57(67-54)49(24-33-8-4-3-5-9-33)70-69-31-35-10-6-12-39(23-35)60-46/h3-5,8-9,14-19,25-27,34-35,39,44,46,49,55,57,60,63-64H,6,10-12,20-24,28-31H2,1-2H3,(H2,59,61)/t34-,35+,39-,44-,46+,49+,55-,57-,58-/m0/s1. The summed E-state index contributed by atoms with van der Waals surface area (Å²) in [4.78, 5) is 17.6. The molecule has 5 N–H and O–H groups in total. The number of pyridine rings is 1. The Labute approximate surface area is 417 Å². The zero-order valence-corrected chi connectivity index (χ0v) is 41.3. The van der Waals surface area contributed by atoms with Gasteiger partial charge in [-0.15, -0.1) is 0 Å². The number of phenols is 2. The minimum Gasteiger partial charge on any atom is -0.508 e. The highest BCUT2D eigenvalue weighted by molar-refractivity contribution is 8.77. The smallest absolute Gasteiger partial charge is 0.302 e. The first-order valence-electron chi connectivity index (χ1n) is 25.0. The van der Waals surface area contributed by atoms with Crippen LogP contribution in [0.2, 0.25) is 0 Å². The van der Waals surface area contributed by atoms with E-state index in [0.717, 1.165) is 107 Å². The quantitative estimate of drug-likeness (QED) is 0.0756. The van der Waals surface area contributed by atoms with Gasteiger partial charge >= 0.3 is 5.97 Å². The zero-order chi connectivity index (χ0) is 47.7. The van der Waals surface area contributed by atoms with Crippen LogP contribution in [0.25, 0.3) is 17.2 Å². The molecule has 4 aliphatic heterocycles. The van der Waals surface area contributed by atoms with Crippen LogP contribution in [-0.4, -0.2) is 64.1 Å². The summed E-state index contributed by atoms with van der Waals surface area (Å²) in [6.45, 7) is 1.53. The van der Waals surface area contributed by atoms with E-state index in [2.05, 4.69) is 77.8 Å². The summed E-state index contributed by atoms with van der Waals surface area (Å²) in [7, 11) is 5.53. The Morgan fingerprint density at radius 3 is 2.74 bits per heavy atom. The van der Waals surface area contributed by atoms with Crippen molar-refractivity contribution in [2.45, 2.75) is 118 Å². The van der Waals surface area contributed by atoms with E-state index in [4.69, 9.17) is 29.7 Å². The summed E-state index contributed by atoms with van der Waals surface area (Å²) in [6.07, 6.45) is 13.4. The Balaban J connectivity index is 1.07. The molecule has 3 fully saturated rings. The molecule has 3 aliphatic carbocycles. The molecule has 70 heavy (non-hydrogen) atoms. The number of fused-ring (bicyclic) bond motifs is 12. The lowest BCUT2D eigenvalue weighted by Gasteiger charge is -2.39. The van der Waals surface area contributed by atoms with Gasteiger partial charge in [-0.3, -0.25) is 4.79 Å². The van der Waals surface area contributed by atoms with Gasteiger partial charge in [0.05, 0.1) is 24.3 Å². The predicted molar refractivity (Wildman–Crippen MR) is 277 cm³/mol. The minimum atomic E-state index is -0.655. The lowest BCUT2D eigenvalue weighted by molar-refractivity contribution is -0.141. The summed E-state index contributed by atoms with van der Waals surface area (Å²) in [5.41, 5.74) is 16.5. The molecule has 5 aromatic rings. The van der Waals surface area contributed by atoms with E-state index >= 15 is 0 Å². The van der Waals surface area contributed by atoms with Crippen LogP contribution in [0.15, 0.2) is 78.9 Å². The van der Waals surface area contributed by atoms with Gasteiger partial charge in [-0.25, -0.2) is 4.98 Å². The van der Waals surface area contributed by atoms with E-state index in [1.807, 2.05) is 39.8 Å². The molecular formula is C58H59N3O7S2. The lowest BCUT2D eigenvalue weighted by Crippen LogP contribution is -2.52. The number of hydrogen-bond acceptors (Lipinski definition) is 12. The third-order valence-electron chi connectivity index (χ3n) is 16.2. The van der Waals surface area contributed by atoms with E-state index in [1.165, 1.54) is 25.3 Å². The number of nitrogen functional groups attached to an aromatic ring is 1. The SMILES string of the molecule is COc1cc(O)cc2c1-c1ccc3c4c1[C@]1(CC[C@@H](Cc5ccc(N)nc5C#CCc5cc(O)c6c(c5[C@@H](O4)[C@H]3COC(C)=O)C=C[C@H]3N[C@H]4CCC[C@@H](CSS[C@H](Cc5ccccc5)[C@H]3O6)C4)C1)C2. The van der Waals surface area contributed by atoms with E-state index in [1.54, 1.807) is 13.2 Å². The topological polar surface area (TPSA) is 145 Å². The Morgan fingerprint density at radius 1 is 1.00 bits per heavy atom. The number of carbonyl (C=O) groups excluding carboxylic acids is 1. The number of esters is 1. The molecule has 360 valence electrons. The third-order valence-corrected chi connectivity index (χ3v) is 19.2. The van der Waals surface area contributed by atoms with Gasteiger partial charge in [0.25, 0.3) is 0 Å². The van der Waals surface area contributed by atoms with Crippen LogP contribution in [0.5, 0.6) is 28.7 Å². The van der Waals surface area contributed by atoms with Crippen LogP contribution in [0.3, 0.4) is 0 Å². The highest BCUT2D eigenvalue weighted by atomic mass is 33.1. The van der Waals surface area contributed by atoms with Gasteiger partial charge in [-0.2, -0.15) is 0 Å². The van der Waals surface area contributed by atoms with Crippen molar-refractivity contribution in [3.05, 3.63) is 129 Å². The molecule has 7 aliphatic rings. The highest BCUT2D eigenvalue weighted by Gasteiger charge is 2.51. The second-order valence-electron chi connectivity index (χ2n) is 20.7. The van der Waals surface area contributed by atoms with Crippen molar-refractivity contribution >= 4 is 39.5 Å². The monoisotopic (exact) mass is 973 g/mol. The van der Waals surface area contributed by atoms with Crippen LogP contribution in [-0.2, 0) is 40.6 Å². The number of aromatic hydroxyl groups is 2. The number of nitrogens with two attached hydrogens (primary N) is 1. The molecule has 4 aromatic carbocycles. The molecule has 0 amide bonds. The number of anilines is 1. The van der Waals surface area contributed by atoms with Gasteiger partial charge in [0.15, 0.2) is 11.5 Å². The zero-order valence-electron chi connectivity index (χ0n) is 39.7. The molecule has 10 nitrogen and oxygen atoms in total. The summed E-state index contributed by atoms with van der Waals surface area (Å²) in [5.74, 6) is 10.7. The summed E-state index contributed by atoms with van der Waals surface area (Å²) in [6, 6.07) is 24.5. The molecule has 0 radical (unpaired) electrons. The van der Waals surface area contributed by atoms with Crippen LogP contribution < -0.4 is 25.3 Å². The first-order valence-corrected chi connectivity index (χ1v) is 27.4. The molecule has 2 saturated carbocycles. The molecular weight excluding hydrogens is 915 g/mol. The summed E-state index contributed by atoms with van der Waals surface area (Å²) >= 11 is 0. The number of carbonyl (C=O) groups is 1. The molecule has 1 saturated heterocycles. The fraction of sp³-hybridized carbons (Fsp3) is 0.414. The minimum absolute atomic E-state index is 0.0418. The van der Waals surface area contributed by atoms with Crippen molar-refractivity contribution < 1.29 is 34.0 Å². The van der Waals surface area contributed by atoms with Gasteiger partial charge in [-0.05, 0) is 122 Å². The van der Waals surface area contributed by atoms with Gasteiger partial charge in [0.1, 0.15) is 47.6 Å². The maximum atomic E-state index is 12.8. The summed E-state index contributed by atoms with van der Waals surface area (Å²) in [5, 5.41) is 27.6. The Kier molecular flexibility index (Phi) is 12.0. The normalized spacial score (nSPS) is 27.9. The molecule has 1 aromatic heterocycles. The van der Waals surface area contributed by atoms with Crippen molar-refractivity contribution in [2.24, 2.45) is 11.8 Å². The second kappa shape index (κ2) is 18.5. The van der Waals surface area contributed by atoms with Crippen molar-refractivity contribution in [1.29, 1.82) is 0 Å². The average Bonchev–Trinajstić information content (AvgIpc) is 3.86.